The summed E-state index contributed by atoms with van der Waals surface area (Å²) >= 11 is 6.74. The number of rotatable bonds is 4. The van der Waals surface area contributed by atoms with Crippen LogP contribution in [0, 0.1) is 0 Å². The molecule has 4 nitrogen and oxygen atoms in total. The number of hydrogen-bond acceptors (Lipinski definition) is 5. The highest BCUT2D eigenvalue weighted by Gasteiger charge is 2.39. The fourth-order valence-corrected chi connectivity index (χ4v) is 4.54. The van der Waals surface area contributed by atoms with Gasteiger partial charge in [-0.15, -0.1) is 0 Å². The molecule has 1 fully saturated rings. The summed E-state index contributed by atoms with van der Waals surface area (Å²) in [6, 6.07) is 16.3. The van der Waals surface area contributed by atoms with E-state index in [1.165, 1.54) is 11.8 Å². The van der Waals surface area contributed by atoms with Crippen LogP contribution < -0.4 is 9.64 Å². The molecule has 0 spiro atoms. The summed E-state index contributed by atoms with van der Waals surface area (Å²) in [6.07, 6.45) is 1.96. The van der Waals surface area contributed by atoms with Gasteiger partial charge in [-0.25, -0.2) is 0 Å². The number of ether oxygens (including phenoxy) is 1. The van der Waals surface area contributed by atoms with Crippen LogP contribution in [0.4, 0.5) is 5.69 Å². The van der Waals surface area contributed by atoms with E-state index in [0.717, 1.165) is 35.4 Å². The second kappa shape index (κ2) is 7.37. The molecule has 0 bridgehead atoms. The van der Waals surface area contributed by atoms with Crippen LogP contribution in [0.15, 0.2) is 59.3 Å². The molecule has 0 saturated carbocycles. The molecule has 0 radical (unpaired) electrons. The van der Waals surface area contributed by atoms with Gasteiger partial charge in [0.2, 0.25) is 5.88 Å². The largest absolute Gasteiger partial charge is 0.437 e. The summed E-state index contributed by atoms with van der Waals surface area (Å²) < 4.78 is 6.65. The summed E-state index contributed by atoms with van der Waals surface area (Å²) in [5, 5.41) is 0. The fraction of sp³-hybridized carbons (Fsp3) is 0.238. The van der Waals surface area contributed by atoms with Crippen molar-refractivity contribution in [3.63, 3.8) is 0 Å². The lowest BCUT2D eigenvalue weighted by Gasteiger charge is -2.15. The lowest BCUT2D eigenvalue weighted by atomic mass is 10.0. The Kier molecular flexibility index (Phi) is 4.93. The number of unbranched alkanes of at least 4 members (excludes halogenated alkanes) is 1. The molecule has 6 heteroatoms. The van der Waals surface area contributed by atoms with Crippen molar-refractivity contribution < 1.29 is 9.53 Å². The van der Waals surface area contributed by atoms with E-state index in [2.05, 4.69) is 25.1 Å². The number of fused-ring (bicyclic) bond motifs is 1. The molecule has 4 rings (SSSR count). The van der Waals surface area contributed by atoms with Crippen molar-refractivity contribution in [1.82, 2.24) is 4.90 Å². The van der Waals surface area contributed by atoms with Gasteiger partial charge in [-0.2, -0.15) is 0 Å². The van der Waals surface area contributed by atoms with E-state index in [0.29, 0.717) is 21.7 Å². The molecule has 0 aromatic heterocycles. The van der Waals surface area contributed by atoms with Gasteiger partial charge in [0, 0.05) is 13.6 Å². The average Bonchev–Trinajstić information content (AvgIpc) is 3.16. The Balaban J connectivity index is 1.66. The van der Waals surface area contributed by atoms with Crippen LogP contribution in [-0.2, 0) is 4.79 Å². The maximum atomic E-state index is 12.8. The predicted octanol–water partition coefficient (Wildman–Crippen LogP) is 5.01. The zero-order valence-electron chi connectivity index (χ0n) is 15.3. The average molecular weight is 397 g/mol. The van der Waals surface area contributed by atoms with Crippen molar-refractivity contribution >= 4 is 39.9 Å². The highest BCUT2D eigenvalue weighted by Crippen LogP contribution is 2.45. The van der Waals surface area contributed by atoms with E-state index >= 15 is 0 Å². The minimum atomic E-state index is -0.0589. The Morgan fingerprint density at radius 2 is 1.89 bits per heavy atom. The minimum Gasteiger partial charge on any atom is -0.437 e. The zero-order chi connectivity index (χ0) is 19.0. The SMILES string of the molecule is CCCCN1C(=O)C(=C2Oc3ccc(-c4ccccc4)cc3N2C)SC1=S. The van der Waals surface area contributed by atoms with Crippen LogP contribution in [0.5, 0.6) is 5.75 Å². The molecule has 0 unspecified atom stereocenters. The Labute approximate surface area is 168 Å². The van der Waals surface area contributed by atoms with E-state index in [-0.39, 0.29) is 5.91 Å². The van der Waals surface area contributed by atoms with Crippen molar-refractivity contribution in [2.45, 2.75) is 19.8 Å². The van der Waals surface area contributed by atoms with Gasteiger partial charge in [0.15, 0.2) is 5.75 Å². The van der Waals surface area contributed by atoms with E-state index in [9.17, 15) is 4.79 Å². The first-order chi connectivity index (χ1) is 13.1. The van der Waals surface area contributed by atoms with Gasteiger partial charge in [-0.05, 0) is 41.4 Å². The van der Waals surface area contributed by atoms with Crippen LogP contribution in [0.3, 0.4) is 0 Å². The normalized spacial score (nSPS) is 18.9. The summed E-state index contributed by atoms with van der Waals surface area (Å²) in [6.45, 7) is 2.76. The summed E-state index contributed by atoms with van der Waals surface area (Å²) in [7, 11) is 1.93. The number of thioether (sulfide) groups is 1. The van der Waals surface area contributed by atoms with Gasteiger partial charge in [0.25, 0.3) is 5.91 Å². The Morgan fingerprint density at radius 3 is 2.63 bits per heavy atom. The first kappa shape index (κ1) is 18.1. The van der Waals surface area contributed by atoms with Crippen LogP contribution in [-0.4, -0.2) is 28.7 Å². The van der Waals surface area contributed by atoms with Gasteiger partial charge in [0.1, 0.15) is 9.23 Å². The number of carbonyl (C=O) groups excluding carboxylic acids is 1. The molecule has 138 valence electrons. The molecule has 27 heavy (non-hydrogen) atoms. The van der Waals surface area contributed by atoms with Crippen LogP contribution in [0.2, 0.25) is 0 Å². The molecule has 0 aliphatic carbocycles. The molecule has 2 aliphatic heterocycles. The third-order valence-electron chi connectivity index (χ3n) is 4.72. The second-order valence-electron chi connectivity index (χ2n) is 6.52. The molecular weight excluding hydrogens is 376 g/mol. The number of nitrogens with zero attached hydrogens (tertiary/aromatic N) is 2. The first-order valence-corrected chi connectivity index (χ1v) is 10.2. The van der Waals surface area contributed by atoms with Crippen LogP contribution >= 0.6 is 24.0 Å². The zero-order valence-corrected chi connectivity index (χ0v) is 16.9. The molecule has 2 aromatic rings. The molecule has 0 N–H and O–H groups in total. The van der Waals surface area contributed by atoms with Gasteiger partial charge < -0.3 is 9.64 Å². The molecule has 1 amide bonds. The molecule has 2 aliphatic rings. The van der Waals surface area contributed by atoms with Gasteiger partial charge in [0.05, 0.1) is 5.69 Å². The monoisotopic (exact) mass is 396 g/mol. The number of hydrogen-bond donors (Lipinski definition) is 0. The quantitative estimate of drug-likeness (QED) is 0.536. The standard InChI is InChI=1S/C21H20N2O2S2/c1-3-4-12-23-19(24)18(27-21(23)26)20-22(2)16-13-15(10-11-17(16)25-20)14-8-6-5-7-9-14/h5-11,13H,3-4,12H2,1-2H3. The topological polar surface area (TPSA) is 32.8 Å². The van der Waals surface area contributed by atoms with E-state index in [4.69, 9.17) is 17.0 Å². The van der Waals surface area contributed by atoms with Crippen molar-refractivity contribution in [1.29, 1.82) is 0 Å². The summed E-state index contributed by atoms with van der Waals surface area (Å²) in [5.74, 6) is 1.26. The van der Waals surface area contributed by atoms with Crippen molar-refractivity contribution in [3.05, 3.63) is 59.3 Å². The van der Waals surface area contributed by atoms with Gasteiger partial charge in [-0.1, -0.05) is 62.0 Å². The lowest BCUT2D eigenvalue weighted by Crippen LogP contribution is -2.30. The van der Waals surface area contributed by atoms with Crippen molar-refractivity contribution in [2.75, 3.05) is 18.5 Å². The Morgan fingerprint density at radius 1 is 1.11 bits per heavy atom. The van der Waals surface area contributed by atoms with Gasteiger partial charge >= 0.3 is 0 Å². The fourth-order valence-electron chi connectivity index (χ4n) is 3.19. The highest BCUT2D eigenvalue weighted by atomic mass is 32.2. The van der Waals surface area contributed by atoms with Crippen LogP contribution in [0.25, 0.3) is 11.1 Å². The van der Waals surface area contributed by atoms with Crippen molar-refractivity contribution in [3.8, 4) is 16.9 Å². The number of benzene rings is 2. The first-order valence-electron chi connectivity index (χ1n) is 8.99. The number of anilines is 1. The summed E-state index contributed by atoms with van der Waals surface area (Å²) in [5.41, 5.74) is 3.21. The van der Waals surface area contributed by atoms with Crippen LogP contribution in [0.1, 0.15) is 19.8 Å². The number of thiocarbonyl (C=S) groups is 1. The molecule has 0 atom stereocenters. The van der Waals surface area contributed by atoms with E-state index in [1.807, 2.05) is 42.3 Å². The lowest BCUT2D eigenvalue weighted by molar-refractivity contribution is -0.122. The summed E-state index contributed by atoms with van der Waals surface area (Å²) in [4.78, 5) is 17.0. The second-order valence-corrected chi connectivity index (χ2v) is 8.17. The smallest absolute Gasteiger partial charge is 0.271 e. The maximum absolute atomic E-state index is 12.8. The molecule has 2 heterocycles. The Bertz CT molecular complexity index is 940. The minimum absolute atomic E-state index is 0.0589. The van der Waals surface area contributed by atoms with Gasteiger partial charge in [-0.3, -0.25) is 9.69 Å². The van der Waals surface area contributed by atoms with E-state index in [1.54, 1.807) is 4.90 Å². The van der Waals surface area contributed by atoms with Crippen molar-refractivity contribution in [2.24, 2.45) is 0 Å². The number of amides is 1. The third-order valence-corrected chi connectivity index (χ3v) is 6.14. The number of carbonyl (C=O) groups is 1. The van der Waals surface area contributed by atoms with E-state index < -0.39 is 0 Å². The molecule has 2 aromatic carbocycles. The predicted molar refractivity (Wildman–Crippen MR) is 115 cm³/mol. The third kappa shape index (κ3) is 3.24. The highest BCUT2D eigenvalue weighted by molar-refractivity contribution is 8.26. The molecule has 1 saturated heterocycles. The maximum Gasteiger partial charge on any atom is 0.271 e. The molecular formula is C21H20N2O2S2. The Hall–Kier alpha value is -2.31.